The minimum Gasteiger partial charge on any atom is -0.497 e. The fourth-order valence-electron chi connectivity index (χ4n) is 3.00. The van der Waals surface area contributed by atoms with Gasteiger partial charge in [0.25, 0.3) is 0 Å². The van der Waals surface area contributed by atoms with Gasteiger partial charge in [-0.15, -0.1) is 0 Å². The minimum atomic E-state index is -0.476. The highest BCUT2D eigenvalue weighted by Crippen LogP contribution is 2.20. The zero-order chi connectivity index (χ0) is 18.4. The van der Waals surface area contributed by atoms with Crippen LogP contribution in [0.4, 0.5) is 10.5 Å². The number of carbonyl (C=O) groups is 2. The van der Waals surface area contributed by atoms with Crippen LogP contribution < -0.4 is 20.3 Å². The zero-order valence-electron chi connectivity index (χ0n) is 14.8. The van der Waals surface area contributed by atoms with Gasteiger partial charge in [-0.1, -0.05) is 30.3 Å². The van der Waals surface area contributed by atoms with Gasteiger partial charge in [0.15, 0.2) is 0 Å². The average molecular weight is 353 g/mol. The number of hydrogen-bond acceptors (Lipinski definition) is 3. The van der Waals surface area contributed by atoms with Crippen molar-refractivity contribution in [3.63, 3.8) is 0 Å². The van der Waals surface area contributed by atoms with Crippen molar-refractivity contribution in [2.24, 2.45) is 0 Å². The number of anilines is 1. The third-order valence-electron chi connectivity index (χ3n) is 4.44. The van der Waals surface area contributed by atoms with Crippen molar-refractivity contribution < 1.29 is 14.3 Å². The molecule has 0 saturated carbocycles. The summed E-state index contributed by atoms with van der Waals surface area (Å²) in [6, 6.07) is 16.4. The molecule has 6 nitrogen and oxygen atoms in total. The number of nitrogens with one attached hydrogen (secondary N) is 2. The summed E-state index contributed by atoms with van der Waals surface area (Å²) in [7, 11) is 1.63. The molecule has 1 aliphatic rings. The fraction of sp³-hybridized carbons (Fsp3) is 0.300. The van der Waals surface area contributed by atoms with E-state index in [0.717, 1.165) is 17.0 Å². The number of urea groups is 1. The maximum absolute atomic E-state index is 12.5. The SMILES string of the molecule is COc1ccc(CCNC(=O)NC2CCN(c3ccccc3)C2=O)cc1. The Kier molecular flexibility index (Phi) is 5.73. The first-order valence-electron chi connectivity index (χ1n) is 8.71. The van der Waals surface area contributed by atoms with Gasteiger partial charge in [-0.3, -0.25) is 4.79 Å². The summed E-state index contributed by atoms with van der Waals surface area (Å²) in [5.41, 5.74) is 1.97. The summed E-state index contributed by atoms with van der Waals surface area (Å²) in [5.74, 6) is 0.740. The monoisotopic (exact) mass is 353 g/mol. The molecule has 0 aliphatic carbocycles. The van der Waals surface area contributed by atoms with Gasteiger partial charge in [-0.25, -0.2) is 4.79 Å². The number of ether oxygens (including phenoxy) is 1. The molecule has 26 heavy (non-hydrogen) atoms. The second-order valence-corrected chi connectivity index (χ2v) is 6.16. The third kappa shape index (κ3) is 4.33. The molecule has 1 aliphatic heterocycles. The van der Waals surface area contributed by atoms with Crippen LogP contribution in [-0.4, -0.2) is 38.2 Å². The first-order valence-corrected chi connectivity index (χ1v) is 8.71. The lowest BCUT2D eigenvalue weighted by molar-refractivity contribution is -0.118. The van der Waals surface area contributed by atoms with Crippen LogP contribution in [0.15, 0.2) is 54.6 Å². The maximum atomic E-state index is 12.5. The lowest BCUT2D eigenvalue weighted by atomic mass is 10.1. The predicted octanol–water partition coefficient (Wildman–Crippen LogP) is 2.34. The quantitative estimate of drug-likeness (QED) is 0.837. The van der Waals surface area contributed by atoms with E-state index in [1.165, 1.54) is 0 Å². The lowest BCUT2D eigenvalue weighted by Gasteiger charge is -2.17. The van der Waals surface area contributed by atoms with E-state index in [-0.39, 0.29) is 11.9 Å². The molecule has 1 unspecified atom stereocenters. The van der Waals surface area contributed by atoms with Crippen LogP contribution in [0.2, 0.25) is 0 Å². The molecule has 3 rings (SSSR count). The molecule has 1 saturated heterocycles. The number of rotatable bonds is 6. The molecule has 3 amide bonds. The molecule has 1 atom stereocenters. The van der Waals surface area contributed by atoms with Crippen molar-refractivity contribution in [2.45, 2.75) is 18.9 Å². The van der Waals surface area contributed by atoms with E-state index in [9.17, 15) is 9.59 Å². The summed E-state index contributed by atoms with van der Waals surface area (Å²) in [5, 5.41) is 5.58. The van der Waals surface area contributed by atoms with Crippen LogP contribution in [0.1, 0.15) is 12.0 Å². The van der Waals surface area contributed by atoms with Gasteiger partial charge in [0.05, 0.1) is 7.11 Å². The molecule has 1 fully saturated rings. The minimum absolute atomic E-state index is 0.0681. The first kappa shape index (κ1) is 17.8. The second kappa shape index (κ2) is 8.38. The number of hydrogen-bond donors (Lipinski definition) is 2. The Bertz CT molecular complexity index is 747. The first-order chi connectivity index (χ1) is 12.7. The molecular formula is C20H23N3O3. The van der Waals surface area contributed by atoms with Gasteiger partial charge < -0.3 is 20.3 Å². The highest BCUT2D eigenvalue weighted by molar-refractivity contribution is 6.01. The van der Waals surface area contributed by atoms with Crippen molar-refractivity contribution in [3.05, 3.63) is 60.2 Å². The van der Waals surface area contributed by atoms with Crippen LogP contribution in [0.25, 0.3) is 0 Å². The standard InChI is InChI=1S/C20H23N3O3/c1-26-17-9-7-15(8-10-17)11-13-21-20(25)22-18-12-14-23(19(18)24)16-5-3-2-4-6-16/h2-10,18H,11-14H2,1H3,(H2,21,22,25). The van der Waals surface area contributed by atoms with Gasteiger partial charge in [0.2, 0.25) is 5.91 Å². The molecular weight excluding hydrogens is 330 g/mol. The second-order valence-electron chi connectivity index (χ2n) is 6.16. The van der Waals surface area contributed by atoms with Crippen molar-refractivity contribution in [1.82, 2.24) is 10.6 Å². The average Bonchev–Trinajstić information content (AvgIpc) is 3.03. The Morgan fingerprint density at radius 3 is 2.58 bits per heavy atom. The fourth-order valence-corrected chi connectivity index (χ4v) is 3.00. The summed E-state index contributed by atoms with van der Waals surface area (Å²) in [6.07, 6.45) is 1.33. The largest absolute Gasteiger partial charge is 0.497 e. The lowest BCUT2D eigenvalue weighted by Crippen LogP contribution is -2.46. The molecule has 6 heteroatoms. The normalized spacial score (nSPS) is 16.4. The molecule has 0 aromatic heterocycles. The highest BCUT2D eigenvalue weighted by atomic mass is 16.5. The molecule has 0 radical (unpaired) electrons. The van der Waals surface area contributed by atoms with Gasteiger partial charge in [0.1, 0.15) is 11.8 Å². The van der Waals surface area contributed by atoms with Gasteiger partial charge in [0, 0.05) is 18.8 Å². The van der Waals surface area contributed by atoms with E-state index < -0.39 is 6.04 Å². The van der Waals surface area contributed by atoms with Crippen LogP contribution in [-0.2, 0) is 11.2 Å². The maximum Gasteiger partial charge on any atom is 0.315 e. The zero-order valence-corrected chi connectivity index (χ0v) is 14.8. The van der Waals surface area contributed by atoms with E-state index >= 15 is 0 Å². The van der Waals surface area contributed by atoms with Crippen molar-refractivity contribution in [2.75, 3.05) is 25.1 Å². The Labute approximate surface area is 153 Å². The third-order valence-corrected chi connectivity index (χ3v) is 4.44. The smallest absolute Gasteiger partial charge is 0.315 e. The van der Waals surface area contributed by atoms with Gasteiger partial charge in [-0.05, 0) is 42.7 Å². The Morgan fingerprint density at radius 1 is 1.15 bits per heavy atom. The van der Waals surface area contributed by atoms with Crippen LogP contribution >= 0.6 is 0 Å². The summed E-state index contributed by atoms with van der Waals surface area (Å²) in [6.45, 7) is 1.11. The van der Waals surface area contributed by atoms with Crippen molar-refractivity contribution in [3.8, 4) is 5.75 Å². The van der Waals surface area contributed by atoms with Crippen LogP contribution in [0.3, 0.4) is 0 Å². The van der Waals surface area contributed by atoms with Gasteiger partial charge >= 0.3 is 6.03 Å². The molecule has 0 spiro atoms. The van der Waals surface area contributed by atoms with E-state index in [1.807, 2.05) is 54.6 Å². The topological polar surface area (TPSA) is 70.7 Å². The summed E-state index contributed by atoms with van der Waals surface area (Å²) < 4.78 is 5.12. The Morgan fingerprint density at radius 2 is 1.88 bits per heavy atom. The van der Waals surface area contributed by atoms with Crippen LogP contribution in [0.5, 0.6) is 5.75 Å². The van der Waals surface area contributed by atoms with Crippen molar-refractivity contribution >= 4 is 17.6 Å². The van der Waals surface area contributed by atoms with Crippen molar-refractivity contribution in [1.29, 1.82) is 0 Å². The number of nitrogens with zero attached hydrogens (tertiary/aromatic N) is 1. The molecule has 2 aromatic rings. The summed E-state index contributed by atoms with van der Waals surface area (Å²) in [4.78, 5) is 26.2. The Hall–Kier alpha value is -3.02. The number of benzene rings is 2. The molecule has 2 aromatic carbocycles. The number of amides is 3. The van der Waals surface area contributed by atoms with E-state index in [0.29, 0.717) is 25.9 Å². The number of para-hydroxylation sites is 1. The molecule has 1 heterocycles. The Balaban J connectivity index is 1.44. The number of methoxy groups -OCH3 is 1. The molecule has 0 bridgehead atoms. The van der Waals surface area contributed by atoms with Crippen LogP contribution in [0, 0.1) is 0 Å². The van der Waals surface area contributed by atoms with Gasteiger partial charge in [-0.2, -0.15) is 0 Å². The van der Waals surface area contributed by atoms with E-state index in [4.69, 9.17) is 4.74 Å². The molecule has 2 N–H and O–H groups in total. The predicted molar refractivity (Wildman–Crippen MR) is 100 cm³/mol. The van der Waals surface area contributed by atoms with E-state index in [2.05, 4.69) is 10.6 Å². The molecule has 136 valence electrons. The number of carbonyl (C=O) groups excluding carboxylic acids is 2. The summed E-state index contributed by atoms with van der Waals surface area (Å²) >= 11 is 0. The van der Waals surface area contributed by atoms with E-state index in [1.54, 1.807) is 12.0 Å². The highest BCUT2D eigenvalue weighted by Gasteiger charge is 2.33.